The molecule has 1 aromatic heterocycles. The fraction of sp³-hybridized carbons (Fsp3) is 0.118. The Morgan fingerprint density at radius 2 is 1.70 bits per heavy atom. The molecule has 0 aliphatic heterocycles. The molecule has 0 aliphatic carbocycles. The van der Waals surface area contributed by atoms with Gasteiger partial charge in [-0.2, -0.15) is 0 Å². The fourth-order valence-corrected chi connectivity index (χ4v) is 2.41. The van der Waals surface area contributed by atoms with Gasteiger partial charge in [0, 0.05) is 5.39 Å². The number of benzene rings is 2. The fourth-order valence-electron chi connectivity index (χ4n) is 2.41. The molecule has 3 aromatic rings. The SMILES string of the molecule is Cc1ccc(-n2c(N)cc3ccccc3c2=O)cc1C. The minimum Gasteiger partial charge on any atom is -0.385 e. The zero-order valence-electron chi connectivity index (χ0n) is 11.6. The van der Waals surface area contributed by atoms with E-state index in [1.807, 2.05) is 62.4 Å². The number of nitrogens with zero attached hydrogens (tertiary/aromatic N) is 1. The first-order valence-electron chi connectivity index (χ1n) is 6.56. The Hall–Kier alpha value is -2.55. The molecule has 1 heterocycles. The smallest absolute Gasteiger partial charge is 0.264 e. The number of pyridine rings is 1. The Kier molecular flexibility index (Phi) is 2.83. The number of hydrogen-bond donors (Lipinski definition) is 1. The van der Waals surface area contributed by atoms with Crippen molar-refractivity contribution in [2.75, 3.05) is 5.73 Å². The topological polar surface area (TPSA) is 48.0 Å². The summed E-state index contributed by atoms with van der Waals surface area (Å²) in [6.45, 7) is 4.08. The van der Waals surface area contributed by atoms with Gasteiger partial charge in [-0.1, -0.05) is 24.3 Å². The van der Waals surface area contributed by atoms with E-state index < -0.39 is 0 Å². The van der Waals surface area contributed by atoms with Crippen molar-refractivity contribution in [2.24, 2.45) is 0 Å². The Morgan fingerprint density at radius 1 is 0.950 bits per heavy atom. The monoisotopic (exact) mass is 264 g/mol. The van der Waals surface area contributed by atoms with E-state index in [1.165, 1.54) is 5.56 Å². The number of fused-ring (bicyclic) bond motifs is 1. The highest BCUT2D eigenvalue weighted by Gasteiger charge is 2.09. The highest BCUT2D eigenvalue weighted by molar-refractivity contribution is 5.84. The van der Waals surface area contributed by atoms with Crippen molar-refractivity contribution in [3.63, 3.8) is 0 Å². The molecule has 0 aliphatic rings. The first kappa shape index (κ1) is 12.5. The molecular weight excluding hydrogens is 248 g/mol. The van der Waals surface area contributed by atoms with E-state index in [0.29, 0.717) is 11.2 Å². The predicted molar refractivity (Wildman–Crippen MR) is 83.4 cm³/mol. The molecule has 0 saturated heterocycles. The van der Waals surface area contributed by atoms with Crippen LogP contribution in [0.15, 0.2) is 53.3 Å². The van der Waals surface area contributed by atoms with Gasteiger partial charge in [-0.3, -0.25) is 9.36 Å². The van der Waals surface area contributed by atoms with E-state index in [2.05, 4.69) is 0 Å². The summed E-state index contributed by atoms with van der Waals surface area (Å²) < 4.78 is 1.56. The summed E-state index contributed by atoms with van der Waals surface area (Å²) in [5, 5.41) is 1.55. The highest BCUT2D eigenvalue weighted by atomic mass is 16.1. The van der Waals surface area contributed by atoms with Crippen LogP contribution in [0.3, 0.4) is 0 Å². The van der Waals surface area contributed by atoms with Crippen molar-refractivity contribution in [1.82, 2.24) is 4.57 Å². The lowest BCUT2D eigenvalue weighted by Gasteiger charge is -2.12. The predicted octanol–water partition coefficient (Wildman–Crippen LogP) is 3.19. The van der Waals surface area contributed by atoms with Crippen molar-refractivity contribution >= 4 is 16.6 Å². The standard InChI is InChI=1S/C17H16N2O/c1-11-7-8-14(9-12(11)2)19-16(18)10-13-5-3-4-6-15(13)17(19)20/h3-10H,18H2,1-2H3. The molecule has 2 N–H and O–H groups in total. The molecule has 0 bridgehead atoms. The summed E-state index contributed by atoms with van der Waals surface area (Å²) in [4.78, 5) is 12.6. The van der Waals surface area contributed by atoms with E-state index in [4.69, 9.17) is 5.73 Å². The van der Waals surface area contributed by atoms with Gasteiger partial charge in [0.15, 0.2) is 0 Å². The Labute approximate surface area is 117 Å². The lowest BCUT2D eigenvalue weighted by atomic mass is 10.1. The van der Waals surface area contributed by atoms with Crippen LogP contribution in [0.2, 0.25) is 0 Å². The van der Waals surface area contributed by atoms with Gasteiger partial charge in [-0.25, -0.2) is 0 Å². The van der Waals surface area contributed by atoms with Gasteiger partial charge < -0.3 is 5.73 Å². The molecule has 2 aromatic carbocycles. The van der Waals surface area contributed by atoms with Gasteiger partial charge in [0.25, 0.3) is 5.56 Å². The van der Waals surface area contributed by atoms with Gasteiger partial charge in [-0.15, -0.1) is 0 Å². The van der Waals surface area contributed by atoms with Crippen LogP contribution in [0.25, 0.3) is 16.5 Å². The largest absolute Gasteiger partial charge is 0.385 e. The summed E-state index contributed by atoms with van der Waals surface area (Å²) in [6.07, 6.45) is 0. The molecule has 3 rings (SSSR count). The second-order valence-electron chi connectivity index (χ2n) is 5.07. The number of rotatable bonds is 1. The Bertz CT molecular complexity index is 862. The first-order valence-corrected chi connectivity index (χ1v) is 6.56. The second-order valence-corrected chi connectivity index (χ2v) is 5.07. The number of anilines is 1. The highest BCUT2D eigenvalue weighted by Crippen LogP contribution is 2.19. The third-order valence-corrected chi connectivity index (χ3v) is 3.70. The molecule has 0 saturated carbocycles. The van der Waals surface area contributed by atoms with Gasteiger partial charge >= 0.3 is 0 Å². The van der Waals surface area contributed by atoms with Crippen LogP contribution in [0.5, 0.6) is 0 Å². The third-order valence-electron chi connectivity index (χ3n) is 3.70. The lowest BCUT2D eigenvalue weighted by Crippen LogP contribution is -2.21. The van der Waals surface area contributed by atoms with Crippen molar-refractivity contribution in [3.8, 4) is 5.69 Å². The van der Waals surface area contributed by atoms with Crippen LogP contribution in [0.1, 0.15) is 11.1 Å². The van der Waals surface area contributed by atoms with Crippen molar-refractivity contribution < 1.29 is 0 Å². The minimum atomic E-state index is -0.0798. The molecule has 3 nitrogen and oxygen atoms in total. The molecule has 0 unspecified atom stereocenters. The maximum absolute atomic E-state index is 12.6. The molecule has 20 heavy (non-hydrogen) atoms. The number of aromatic nitrogens is 1. The van der Waals surface area contributed by atoms with E-state index >= 15 is 0 Å². The zero-order valence-corrected chi connectivity index (χ0v) is 11.6. The van der Waals surface area contributed by atoms with Gasteiger partial charge in [0.1, 0.15) is 5.82 Å². The van der Waals surface area contributed by atoms with Crippen molar-refractivity contribution in [2.45, 2.75) is 13.8 Å². The average molecular weight is 264 g/mol. The molecule has 0 radical (unpaired) electrons. The van der Waals surface area contributed by atoms with Crippen molar-refractivity contribution in [3.05, 3.63) is 70.0 Å². The molecule has 0 amide bonds. The summed E-state index contributed by atoms with van der Waals surface area (Å²) >= 11 is 0. The molecule has 0 fully saturated rings. The van der Waals surface area contributed by atoms with Crippen LogP contribution >= 0.6 is 0 Å². The number of nitrogens with two attached hydrogens (primary N) is 1. The Morgan fingerprint density at radius 3 is 2.45 bits per heavy atom. The molecular formula is C17H16N2O. The number of nitrogen functional groups attached to an aromatic ring is 1. The van der Waals surface area contributed by atoms with E-state index in [-0.39, 0.29) is 5.56 Å². The summed E-state index contributed by atoms with van der Waals surface area (Å²) in [5.41, 5.74) is 9.13. The van der Waals surface area contributed by atoms with E-state index in [9.17, 15) is 4.79 Å². The van der Waals surface area contributed by atoms with Crippen LogP contribution in [-0.2, 0) is 0 Å². The zero-order chi connectivity index (χ0) is 14.3. The van der Waals surface area contributed by atoms with Crippen LogP contribution in [0.4, 0.5) is 5.82 Å². The first-order chi connectivity index (χ1) is 9.58. The third kappa shape index (κ3) is 1.88. The summed E-state index contributed by atoms with van der Waals surface area (Å²) in [5.74, 6) is 0.456. The molecule has 0 spiro atoms. The lowest BCUT2D eigenvalue weighted by molar-refractivity contribution is 1.02. The molecule has 100 valence electrons. The van der Waals surface area contributed by atoms with Crippen LogP contribution in [-0.4, -0.2) is 4.57 Å². The quantitative estimate of drug-likeness (QED) is 0.733. The Balaban J connectivity index is 2.36. The van der Waals surface area contributed by atoms with Crippen LogP contribution < -0.4 is 11.3 Å². The molecule has 0 atom stereocenters. The maximum atomic E-state index is 12.6. The van der Waals surface area contributed by atoms with Gasteiger partial charge in [0.2, 0.25) is 0 Å². The van der Waals surface area contributed by atoms with E-state index in [1.54, 1.807) is 4.57 Å². The maximum Gasteiger partial charge on any atom is 0.264 e. The molecule has 3 heteroatoms. The number of aryl methyl sites for hydroxylation is 2. The summed E-state index contributed by atoms with van der Waals surface area (Å²) in [6, 6.07) is 15.3. The normalized spacial score (nSPS) is 10.9. The van der Waals surface area contributed by atoms with E-state index in [0.717, 1.165) is 16.6 Å². The number of hydrogen-bond acceptors (Lipinski definition) is 2. The minimum absolute atomic E-state index is 0.0798. The van der Waals surface area contributed by atoms with Crippen molar-refractivity contribution in [1.29, 1.82) is 0 Å². The van der Waals surface area contributed by atoms with Crippen LogP contribution in [0, 0.1) is 13.8 Å². The van der Waals surface area contributed by atoms with Gasteiger partial charge in [0.05, 0.1) is 5.69 Å². The summed E-state index contributed by atoms with van der Waals surface area (Å²) in [7, 11) is 0. The average Bonchev–Trinajstić information content (AvgIpc) is 2.43. The van der Waals surface area contributed by atoms with Gasteiger partial charge in [-0.05, 0) is 54.6 Å². The second kappa shape index (κ2) is 4.53.